The second-order valence-corrected chi connectivity index (χ2v) is 5.68. The molecule has 9 nitrogen and oxygen atoms in total. The fraction of sp³-hybridized carbons (Fsp3) is 0.250. The van der Waals surface area contributed by atoms with Crippen molar-refractivity contribution in [2.45, 2.75) is 0 Å². The standard InChI is InChI=1S/C20H22N2O7/c1-26-12-17(23)21-15-9-8-13(11-16(15)27-2)22-10-6-5-7-14(19(24)28-3)18(22)20(25)29-4/h5-11H,12H2,1-4H3,(H,21,23). The van der Waals surface area contributed by atoms with Crippen LogP contribution >= 0.6 is 0 Å². The number of methoxy groups -OCH3 is 4. The van der Waals surface area contributed by atoms with Crippen molar-refractivity contribution in [1.29, 1.82) is 0 Å². The van der Waals surface area contributed by atoms with Gasteiger partial charge in [0.1, 0.15) is 18.1 Å². The van der Waals surface area contributed by atoms with E-state index in [1.165, 1.54) is 39.4 Å². The smallest absolute Gasteiger partial charge is 0.355 e. The van der Waals surface area contributed by atoms with E-state index in [0.717, 1.165) is 0 Å². The average molecular weight is 402 g/mol. The molecule has 1 N–H and O–H groups in total. The first-order chi connectivity index (χ1) is 14.0. The Labute approximate surface area is 168 Å². The number of hydrogen-bond donors (Lipinski definition) is 1. The molecule has 1 heterocycles. The minimum Gasteiger partial charge on any atom is -0.494 e. The van der Waals surface area contributed by atoms with Crippen LogP contribution in [0.5, 0.6) is 5.75 Å². The molecule has 2 rings (SSSR count). The number of allylic oxidation sites excluding steroid dienone is 2. The van der Waals surface area contributed by atoms with Gasteiger partial charge in [0, 0.05) is 25.1 Å². The molecule has 0 unspecified atom stereocenters. The van der Waals surface area contributed by atoms with E-state index < -0.39 is 11.9 Å². The lowest BCUT2D eigenvalue weighted by Crippen LogP contribution is -2.27. The predicted molar refractivity (Wildman–Crippen MR) is 105 cm³/mol. The topological polar surface area (TPSA) is 103 Å². The molecule has 0 saturated carbocycles. The maximum Gasteiger partial charge on any atom is 0.355 e. The molecule has 0 fully saturated rings. The van der Waals surface area contributed by atoms with Gasteiger partial charge in [0.05, 0.1) is 32.6 Å². The number of carbonyl (C=O) groups is 3. The van der Waals surface area contributed by atoms with Gasteiger partial charge < -0.3 is 29.2 Å². The van der Waals surface area contributed by atoms with E-state index in [1.54, 1.807) is 36.6 Å². The number of hydrogen-bond acceptors (Lipinski definition) is 8. The highest BCUT2D eigenvalue weighted by molar-refractivity contribution is 6.05. The van der Waals surface area contributed by atoms with E-state index in [0.29, 0.717) is 17.1 Å². The first-order valence-electron chi connectivity index (χ1n) is 8.48. The van der Waals surface area contributed by atoms with E-state index in [-0.39, 0.29) is 23.8 Å². The van der Waals surface area contributed by atoms with Crippen molar-refractivity contribution >= 4 is 29.2 Å². The molecule has 29 heavy (non-hydrogen) atoms. The number of nitrogens with zero attached hydrogens (tertiary/aromatic N) is 1. The fourth-order valence-electron chi connectivity index (χ4n) is 2.62. The number of anilines is 2. The van der Waals surface area contributed by atoms with Gasteiger partial charge in [-0.15, -0.1) is 0 Å². The van der Waals surface area contributed by atoms with Crippen molar-refractivity contribution in [2.75, 3.05) is 45.3 Å². The van der Waals surface area contributed by atoms with Crippen LogP contribution in [-0.2, 0) is 28.6 Å². The summed E-state index contributed by atoms with van der Waals surface area (Å²) in [5, 5.41) is 2.67. The zero-order valence-electron chi connectivity index (χ0n) is 16.6. The van der Waals surface area contributed by atoms with Crippen LogP contribution in [0.1, 0.15) is 0 Å². The van der Waals surface area contributed by atoms with Gasteiger partial charge in [0.15, 0.2) is 0 Å². The van der Waals surface area contributed by atoms with Gasteiger partial charge in [-0.2, -0.15) is 0 Å². The molecule has 1 aromatic rings. The second kappa shape index (κ2) is 10.1. The largest absolute Gasteiger partial charge is 0.494 e. The quantitative estimate of drug-likeness (QED) is 0.689. The highest BCUT2D eigenvalue weighted by Gasteiger charge is 2.28. The Morgan fingerprint density at radius 3 is 2.34 bits per heavy atom. The lowest BCUT2D eigenvalue weighted by Gasteiger charge is -2.24. The Bertz CT molecular complexity index is 887. The van der Waals surface area contributed by atoms with Crippen molar-refractivity contribution in [3.63, 3.8) is 0 Å². The molecule has 1 aromatic carbocycles. The zero-order chi connectivity index (χ0) is 21.4. The molecule has 1 amide bonds. The van der Waals surface area contributed by atoms with Gasteiger partial charge >= 0.3 is 11.9 Å². The van der Waals surface area contributed by atoms with E-state index in [4.69, 9.17) is 18.9 Å². The third-order valence-corrected chi connectivity index (χ3v) is 3.90. The average Bonchev–Trinajstić information content (AvgIpc) is 2.96. The molecule has 0 atom stereocenters. The van der Waals surface area contributed by atoms with Gasteiger partial charge in [-0.3, -0.25) is 4.79 Å². The summed E-state index contributed by atoms with van der Waals surface area (Å²) < 4.78 is 19.8. The minimum absolute atomic E-state index is 0.0254. The first-order valence-corrected chi connectivity index (χ1v) is 8.48. The summed E-state index contributed by atoms with van der Waals surface area (Å²) in [6.07, 6.45) is 6.31. The molecule has 0 aromatic heterocycles. The van der Waals surface area contributed by atoms with Crippen molar-refractivity contribution in [3.05, 3.63) is 53.9 Å². The van der Waals surface area contributed by atoms with E-state index in [9.17, 15) is 14.4 Å². The Morgan fingerprint density at radius 1 is 1.00 bits per heavy atom. The Morgan fingerprint density at radius 2 is 1.72 bits per heavy atom. The van der Waals surface area contributed by atoms with Gasteiger partial charge in [-0.1, -0.05) is 6.08 Å². The van der Waals surface area contributed by atoms with Crippen LogP contribution in [0.15, 0.2) is 53.9 Å². The molecule has 0 radical (unpaired) electrons. The van der Waals surface area contributed by atoms with Gasteiger partial charge in [-0.25, -0.2) is 9.59 Å². The fourth-order valence-corrected chi connectivity index (χ4v) is 2.62. The lowest BCUT2D eigenvalue weighted by atomic mass is 10.1. The van der Waals surface area contributed by atoms with Crippen LogP contribution in [0.4, 0.5) is 11.4 Å². The maximum absolute atomic E-state index is 12.5. The highest BCUT2D eigenvalue weighted by atomic mass is 16.5. The zero-order valence-corrected chi connectivity index (χ0v) is 16.6. The van der Waals surface area contributed by atoms with Crippen LogP contribution < -0.4 is 15.0 Å². The molecule has 0 aliphatic carbocycles. The molecule has 1 aliphatic heterocycles. The normalized spacial score (nSPS) is 13.0. The van der Waals surface area contributed by atoms with E-state index >= 15 is 0 Å². The third kappa shape index (κ3) is 5.02. The monoisotopic (exact) mass is 402 g/mol. The molecule has 0 bridgehead atoms. The molecular formula is C20H22N2O7. The van der Waals surface area contributed by atoms with Crippen molar-refractivity contribution < 1.29 is 33.3 Å². The van der Waals surface area contributed by atoms with Gasteiger partial charge in [0.2, 0.25) is 5.91 Å². The summed E-state index contributed by atoms with van der Waals surface area (Å²) in [7, 11) is 5.30. The summed E-state index contributed by atoms with van der Waals surface area (Å²) >= 11 is 0. The number of benzene rings is 1. The van der Waals surface area contributed by atoms with Crippen molar-refractivity contribution in [1.82, 2.24) is 0 Å². The summed E-state index contributed by atoms with van der Waals surface area (Å²) in [4.78, 5) is 38.0. The summed E-state index contributed by atoms with van der Waals surface area (Å²) in [5.74, 6) is -1.41. The Kier molecular flexibility index (Phi) is 7.55. The molecule has 154 valence electrons. The molecule has 9 heteroatoms. The highest BCUT2D eigenvalue weighted by Crippen LogP contribution is 2.33. The number of esters is 2. The van der Waals surface area contributed by atoms with E-state index in [2.05, 4.69) is 5.32 Å². The molecular weight excluding hydrogens is 380 g/mol. The van der Waals surface area contributed by atoms with Gasteiger partial charge in [0.25, 0.3) is 0 Å². The predicted octanol–water partition coefficient (Wildman–Crippen LogP) is 1.77. The van der Waals surface area contributed by atoms with Gasteiger partial charge in [-0.05, 0) is 24.3 Å². The number of nitrogens with one attached hydrogen (secondary N) is 1. The first kappa shape index (κ1) is 21.7. The second-order valence-electron chi connectivity index (χ2n) is 5.68. The summed E-state index contributed by atoms with van der Waals surface area (Å²) in [6.45, 7) is -0.108. The van der Waals surface area contributed by atoms with Crippen LogP contribution in [-0.4, -0.2) is 52.9 Å². The minimum atomic E-state index is -0.724. The van der Waals surface area contributed by atoms with Crippen LogP contribution in [0.3, 0.4) is 0 Å². The third-order valence-electron chi connectivity index (χ3n) is 3.90. The number of ether oxygens (including phenoxy) is 4. The van der Waals surface area contributed by atoms with Crippen LogP contribution in [0.25, 0.3) is 0 Å². The van der Waals surface area contributed by atoms with Crippen LogP contribution in [0, 0.1) is 0 Å². The maximum atomic E-state index is 12.5. The molecule has 1 aliphatic rings. The number of carbonyl (C=O) groups excluding carboxylic acids is 3. The molecule has 0 saturated heterocycles. The van der Waals surface area contributed by atoms with Crippen molar-refractivity contribution in [3.8, 4) is 5.75 Å². The SMILES string of the molecule is COCC(=O)Nc1ccc(N2C=CC=CC(C(=O)OC)=C2C(=O)OC)cc1OC. The Balaban J connectivity index is 2.53. The lowest BCUT2D eigenvalue weighted by molar-refractivity contribution is -0.139. The van der Waals surface area contributed by atoms with Crippen LogP contribution in [0.2, 0.25) is 0 Å². The molecule has 0 spiro atoms. The van der Waals surface area contributed by atoms with E-state index in [1.807, 2.05) is 0 Å². The Hall–Kier alpha value is -3.59. The summed E-state index contributed by atoms with van der Waals surface area (Å²) in [6, 6.07) is 4.87. The summed E-state index contributed by atoms with van der Waals surface area (Å²) in [5.41, 5.74) is 0.920. The van der Waals surface area contributed by atoms with Crippen molar-refractivity contribution in [2.24, 2.45) is 0 Å². The number of amides is 1. The number of rotatable bonds is 7.